The Morgan fingerprint density at radius 3 is 2.81 bits per heavy atom. The Balaban J connectivity index is 0.000000963. The summed E-state index contributed by atoms with van der Waals surface area (Å²) in [4.78, 5) is 3.29. The minimum Gasteiger partial charge on any atom is -0.497 e. The van der Waals surface area contributed by atoms with Crippen LogP contribution in [0, 0.1) is 0 Å². The molecule has 0 spiro atoms. The topological polar surface area (TPSA) is 37.0 Å². The Kier molecular flexibility index (Phi) is 3.08. The van der Waals surface area contributed by atoms with E-state index in [9.17, 15) is 0 Å². The summed E-state index contributed by atoms with van der Waals surface area (Å²) in [6, 6.07) is 6.67. The average Bonchev–Trinajstić information content (AvgIpc) is 2.59. The van der Waals surface area contributed by atoms with Crippen molar-refractivity contribution in [3.05, 3.63) is 30.0 Å². The van der Waals surface area contributed by atoms with Crippen LogP contribution in [0.5, 0.6) is 5.75 Å². The number of hydrogen-bond donors (Lipinski definition) is 2. The number of aromatic nitrogens is 1. The van der Waals surface area contributed by atoms with E-state index in [1.807, 2.05) is 6.07 Å². The molecule has 3 nitrogen and oxygen atoms in total. The monoisotopic (exact) mass is 238 g/mol. The lowest BCUT2D eigenvalue weighted by molar-refractivity contribution is 0.385. The second-order valence-electron chi connectivity index (χ2n) is 3.95. The normalized spacial score (nSPS) is 18.9. The highest BCUT2D eigenvalue weighted by atomic mass is 35.5. The first-order valence-corrected chi connectivity index (χ1v) is 5.27. The smallest absolute Gasteiger partial charge is 0.119 e. The van der Waals surface area contributed by atoms with Gasteiger partial charge < -0.3 is 15.0 Å². The van der Waals surface area contributed by atoms with Crippen LogP contribution in [-0.2, 0) is 0 Å². The molecule has 0 unspecified atom stereocenters. The third kappa shape index (κ3) is 1.66. The highest BCUT2D eigenvalue weighted by Crippen LogP contribution is 2.31. The molecule has 2 N–H and O–H groups in total. The molecule has 1 atom stereocenters. The van der Waals surface area contributed by atoms with E-state index in [0.717, 1.165) is 12.3 Å². The van der Waals surface area contributed by atoms with Crippen LogP contribution in [-0.4, -0.2) is 18.6 Å². The lowest BCUT2D eigenvalue weighted by Gasteiger charge is -2.27. The minimum atomic E-state index is 0. The van der Waals surface area contributed by atoms with E-state index < -0.39 is 0 Å². The van der Waals surface area contributed by atoms with Crippen LogP contribution in [0.15, 0.2) is 24.4 Å². The minimum absolute atomic E-state index is 0. The Bertz CT molecular complexity index is 491. The predicted molar refractivity (Wildman–Crippen MR) is 67.5 cm³/mol. The number of halogens is 1. The quantitative estimate of drug-likeness (QED) is 0.844. The third-order valence-electron chi connectivity index (χ3n) is 3.12. The van der Waals surface area contributed by atoms with Crippen molar-refractivity contribution in [2.45, 2.75) is 12.5 Å². The molecular formula is C12H15ClN2O. The lowest BCUT2D eigenvalue weighted by Crippen LogP contribution is -2.34. The van der Waals surface area contributed by atoms with Crippen LogP contribution in [0.2, 0.25) is 0 Å². The maximum absolute atomic E-state index is 5.24. The first kappa shape index (κ1) is 11.3. The van der Waals surface area contributed by atoms with Crippen LogP contribution < -0.4 is 10.1 Å². The number of hydrogen-bond acceptors (Lipinski definition) is 2. The van der Waals surface area contributed by atoms with E-state index >= 15 is 0 Å². The second-order valence-corrected chi connectivity index (χ2v) is 3.95. The molecule has 1 aromatic heterocycles. The molecule has 1 aliphatic rings. The van der Waals surface area contributed by atoms with Crippen molar-refractivity contribution >= 4 is 23.3 Å². The fourth-order valence-corrected chi connectivity index (χ4v) is 2.09. The number of nitrogens with one attached hydrogen (secondary N) is 2. The highest BCUT2D eigenvalue weighted by molar-refractivity contribution is 5.85. The molecule has 4 heteroatoms. The van der Waals surface area contributed by atoms with Crippen molar-refractivity contribution < 1.29 is 4.74 Å². The van der Waals surface area contributed by atoms with E-state index in [-0.39, 0.29) is 12.4 Å². The molecule has 1 saturated heterocycles. The van der Waals surface area contributed by atoms with Gasteiger partial charge in [-0.1, -0.05) is 0 Å². The molecule has 1 aliphatic heterocycles. The van der Waals surface area contributed by atoms with Crippen molar-refractivity contribution in [1.29, 1.82) is 0 Å². The van der Waals surface area contributed by atoms with Crippen LogP contribution in [0.25, 0.3) is 10.9 Å². The molecule has 1 fully saturated rings. The number of methoxy groups -OCH3 is 1. The first-order valence-electron chi connectivity index (χ1n) is 5.27. The number of ether oxygens (including phenoxy) is 1. The summed E-state index contributed by atoms with van der Waals surface area (Å²) >= 11 is 0. The molecule has 0 aliphatic carbocycles. The van der Waals surface area contributed by atoms with Gasteiger partial charge in [0.2, 0.25) is 0 Å². The number of rotatable bonds is 2. The number of benzene rings is 1. The highest BCUT2D eigenvalue weighted by Gasteiger charge is 2.21. The average molecular weight is 239 g/mol. The van der Waals surface area contributed by atoms with Gasteiger partial charge in [0.1, 0.15) is 5.75 Å². The zero-order valence-corrected chi connectivity index (χ0v) is 9.93. The Morgan fingerprint density at radius 1 is 1.38 bits per heavy atom. The molecule has 0 amide bonds. The molecule has 3 rings (SSSR count). The van der Waals surface area contributed by atoms with Crippen LogP contribution in [0.1, 0.15) is 18.0 Å². The fraction of sp³-hybridized carbons (Fsp3) is 0.333. The van der Waals surface area contributed by atoms with Gasteiger partial charge in [-0.25, -0.2) is 0 Å². The summed E-state index contributed by atoms with van der Waals surface area (Å²) in [5.74, 6) is 0.919. The van der Waals surface area contributed by atoms with Crippen molar-refractivity contribution in [3.8, 4) is 5.75 Å². The summed E-state index contributed by atoms with van der Waals surface area (Å²) in [6.07, 6.45) is 3.32. The summed E-state index contributed by atoms with van der Waals surface area (Å²) in [5.41, 5.74) is 2.54. The zero-order valence-electron chi connectivity index (χ0n) is 9.12. The van der Waals surface area contributed by atoms with E-state index in [1.54, 1.807) is 7.11 Å². The second kappa shape index (κ2) is 4.36. The molecule has 1 aromatic carbocycles. The van der Waals surface area contributed by atoms with Gasteiger partial charge >= 0.3 is 0 Å². The zero-order chi connectivity index (χ0) is 10.3. The number of fused-ring (bicyclic) bond motifs is 1. The molecule has 16 heavy (non-hydrogen) atoms. The van der Waals surface area contributed by atoms with E-state index in [2.05, 4.69) is 28.6 Å². The van der Waals surface area contributed by atoms with Gasteiger partial charge in [-0.15, -0.1) is 12.4 Å². The van der Waals surface area contributed by atoms with Crippen LogP contribution >= 0.6 is 12.4 Å². The van der Waals surface area contributed by atoms with Gasteiger partial charge in [0.05, 0.1) is 7.11 Å². The summed E-state index contributed by atoms with van der Waals surface area (Å²) in [6.45, 7) is 1.13. The number of aromatic amines is 1. The van der Waals surface area contributed by atoms with E-state index in [4.69, 9.17) is 4.74 Å². The van der Waals surface area contributed by atoms with Gasteiger partial charge in [0.15, 0.2) is 0 Å². The van der Waals surface area contributed by atoms with Crippen molar-refractivity contribution in [2.75, 3.05) is 13.7 Å². The Morgan fingerprint density at radius 2 is 2.19 bits per heavy atom. The van der Waals surface area contributed by atoms with Gasteiger partial charge in [-0.2, -0.15) is 0 Å². The van der Waals surface area contributed by atoms with Gasteiger partial charge in [-0.05, 0) is 36.7 Å². The standard InChI is InChI=1S/C12H14N2O.ClH/c1-15-8-2-3-11-9(6-8)10(7-14-11)12-4-5-13-12;/h2-3,6-7,12-14H,4-5H2,1H3;1H/t12-;/m1./s1. The third-order valence-corrected chi connectivity index (χ3v) is 3.12. The fourth-order valence-electron chi connectivity index (χ4n) is 2.09. The van der Waals surface area contributed by atoms with Crippen LogP contribution in [0.3, 0.4) is 0 Å². The van der Waals surface area contributed by atoms with E-state index in [1.165, 1.54) is 22.9 Å². The molecule has 86 valence electrons. The summed E-state index contributed by atoms with van der Waals surface area (Å²) in [7, 11) is 1.70. The molecule has 0 bridgehead atoms. The SMILES string of the molecule is COc1ccc2[nH]cc([C@H]3CCN3)c2c1.Cl. The maximum Gasteiger partial charge on any atom is 0.119 e. The predicted octanol–water partition coefficient (Wildman–Crippen LogP) is 2.63. The summed E-state index contributed by atoms with van der Waals surface area (Å²) < 4.78 is 5.24. The molecule has 0 saturated carbocycles. The molecular weight excluding hydrogens is 224 g/mol. The van der Waals surface area contributed by atoms with Crippen molar-refractivity contribution in [2.24, 2.45) is 0 Å². The first-order chi connectivity index (χ1) is 7.38. The Hall–Kier alpha value is -1.19. The Labute approximate surface area is 101 Å². The van der Waals surface area contributed by atoms with Gasteiger partial charge in [-0.3, -0.25) is 0 Å². The van der Waals surface area contributed by atoms with Crippen molar-refractivity contribution in [1.82, 2.24) is 10.3 Å². The van der Waals surface area contributed by atoms with Crippen molar-refractivity contribution in [3.63, 3.8) is 0 Å². The molecule has 2 aromatic rings. The van der Waals surface area contributed by atoms with Crippen LogP contribution in [0.4, 0.5) is 0 Å². The largest absolute Gasteiger partial charge is 0.497 e. The summed E-state index contributed by atoms with van der Waals surface area (Å²) in [5, 5.41) is 4.69. The number of H-pyrrole nitrogens is 1. The maximum atomic E-state index is 5.24. The molecule has 2 heterocycles. The lowest BCUT2D eigenvalue weighted by atomic mass is 9.97. The van der Waals surface area contributed by atoms with Gasteiger partial charge in [0, 0.05) is 23.1 Å². The van der Waals surface area contributed by atoms with E-state index in [0.29, 0.717) is 6.04 Å². The molecule has 0 radical (unpaired) electrons. The van der Waals surface area contributed by atoms with Gasteiger partial charge in [0.25, 0.3) is 0 Å².